The lowest BCUT2D eigenvalue weighted by Gasteiger charge is -2.20. The van der Waals surface area contributed by atoms with Gasteiger partial charge in [-0.05, 0) is 5.41 Å². The van der Waals surface area contributed by atoms with Crippen LogP contribution in [0.25, 0.3) is 0 Å². The summed E-state index contributed by atoms with van der Waals surface area (Å²) >= 11 is 0. The number of hydrogen-bond donors (Lipinski definition) is 2. The summed E-state index contributed by atoms with van der Waals surface area (Å²) in [6.45, 7) is 5.42. The standard InChI is InChI=1S/C10H21NO5S/c1-10(2,3)7-17(14,15)11-6-8(16-4)5-9(12)13/h8,11H,5-7H2,1-4H3,(H,12,13). The van der Waals surface area contributed by atoms with Gasteiger partial charge in [0, 0.05) is 13.7 Å². The van der Waals surface area contributed by atoms with Crippen molar-refractivity contribution in [2.45, 2.75) is 33.3 Å². The van der Waals surface area contributed by atoms with Gasteiger partial charge < -0.3 is 9.84 Å². The highest BCUT2D eigenvalue weighted by Gasteiger charge is 2.23. The van der Waals surface area contributed by atoms with Crippen LogP contribution < -0.4 is 4.72 Å². The van der Waals surface area contributed by atoms with Crippen molar-refractivity contribution < 1.29 is 23.1 Å². The lowest BCUT2D eigenvalue weighted by Crippen LogP contribution is -2.38. The van der Waals surface area contributed by atoms with Crippen LogP contribution in [0.1, 0.15) is 27.2 Å². The molecule has 17 heavy (non-hydrogen) atoms. The number of aliphatic carboxylic acids is 1. The summed E-state index contributed by atoms with van der Waals surface area (Å²) < 4.78 is 30.5. The molecule has 102 valence electrons. The lowest BCUT2D eigenvalue weighted by atomic mass is 10.0. The molecule has 7 heteroatoms. The van der Waals surface area contributed by atoms with Crippen molar-refractivity contribution in [1.82, 2.24) is 4.72 Å². The Morgan fingerprint density at radius 1 is 1.41 bits per heavy atom. The van der Waals surface area contributed by atoms with Crippen LogP contribution in [0.5, 0.6) is 0 Å². The van der Waals surface area contributed by atoms with Crippen LogP contribution in [0.4, 0.5) is 0 Å². The van der Waals surface area contributed by atoms with Gasteiger partial charge >= 0.3 is 5.97 Å². The van der Waals surface area contributed by atoms with Crippen LogP contribution in [0.15, 0.2) is 0 Å². The van der Waals surface area contributed by atoms with E-state index in [-0.39, 0.29) is 24.1 Å². The topological polar surface area (TPSA) is 92.7 Å². The molecule has 0 bridgehead atoms. The highest BCUT2D eigenvalue weighted by atomic mass is 32.2. The van der Waals surface area contributed by atoms with Crippen molar-refractivity contribution >= 4 is 16.0 Å². The van der Waals surface area contributed by atoms with E-state index < -0.39 is 22.1 Å². The first kappa shape index (κ1) is 16.3. The second-order valence-electron chi connectivity index (χ2n) is 5.12. The Hall–Kier alpha value is -0.660. The Morgan fingerprint density at radius 2 is 1.94 bits per heavy atom. The molecular formula is C10H21NO5S. The minimum absolute atomic E-state index is 0.0104. The van der Waals surface area contributed by atoms with Gasteiger partial charge in [-0.25, -0.2) is 13.1 Å². The first-order chi connectivity index (χ1) is 7.56. The van der Waals surface area contributed by atoms with Crippen LogP contribution in [0.2, 0.25) is 0 Å². The van der Waals surface area contributed by atoms with E-state index in [0.29, 0.717) is 0 Å². The summed E-state index contributed by atoms with van der Waals surface area (Å²) in [5.74, 6) is -1.03. The van der Waals surface area contributed by atoms with Crippen molar-refractivity contribution in [1.29, 1.82) is 0 Å². The average Bonchev–Trinajstić information content (AvgIpc) is 2.07. The predicted molar refractivity (Wildman–Crippen MR) is 64.3 cm³/mol. The van der Waals surface area contributed by atoms with Gasteiger partial charge in [0.1, 0.15) is 0 Å². The molecule has 0 radical (unpaired) electrons. The first-order valence-corrected chi connectivity index (χ1v) is 6.93. The molecule has 0 fully saturated rings. The molecule has 1 unspecified atom stereocenters. The molecular weight excluding hydrogens is 246 g/mol. The van der Waals surface area contributed by atoms with Gasteiger partial charge in [-0.15, -0.1) is 0 Å². The van der Waals surface area contributed by atoms with Crippen LogP contribution >= 0.6 is 0 Å². The summed E-state index contributed by atoms with van der Waals surface area (Å²) in [5.41, 5.74) is -0.346. The second kappa shape index (κ2) is 6.32. The van der Waals surface area contributed by atoms with Crippen LogP contribution in [-0.2, 0) is 19.6 Å². The van der Waals surface area contributed by atoms with Crippen LogP contribution in [-0.4, -0.2) is 45.0 Å². The molecule has 0 aromatic rings. The number of sulfonamides is 1. The number of carbonyl (C=O) groups is 1. The summed E-state index contributed by atoms with van der Waals surface area (Å²) in [4.78, 5) is 10.5. The number of nitrogens with one attached hydrogen (secondary N) is 1. The number of methoxy groups -OCH3 is 1. The Morgan fingerprint density at radius 3 is 2.29 bits per heavy atom. The van der Waals surface area contributed by atoms with Crippen molar-refractivity contribution in [3.05, 3.63) is 0 Å². The molecule has 0 saturated heterocycles. The van der Waals surface area contributed by atoms with Gasteiger partial charge in [0.15, 0.2) is 0 Å². The van der Waals surface area contributed by atoms with Crippen LogP contribution in [0, 0.1) is 5.41 Å². The number of hydrogen-bond acceptors (Lipinski definition) is 4. The molecule has 0 aromatic carbocycles. The number of carboxylic acids is 1. The highest BCUT2D eigenvalue weighted by molar-refractivity contribution is 7.89. The van der Waals surface area contributed by atoms with E-state index >= 15 is 0 Å². The fourth-order valence-electron chi connectivity index (χ4n) is 1.27. The van der Waals surface area contributed by atoms with Gasteiger partial charge in [0.2, 0.25) is 10.0 Å². The SMILES string of the molecule is COC(CNS(=O)(=O)CC(C)(C)C)CC(=O)O. The smallest absolute Gasteiger partial charge is 0.306 e. The number of carboxylic acid groups (broad SMARTS) is 1. The van der Waals surface area contributed by atoms with E-state index in [2.05, 4.69) is 4.72 Å². The van der Waals surface area contributed by atoms with E-state index in [1.807, 2.05) is 20.8 Å². The summed E-state index contributed by atoms with van der Waals surface area (Å²) in [6, 6.07) is 0. The number of rotatable bonds is 7. The van der Waals surface area contributed by atoms with Gasteiger partial charge in [0.05, 0.1) is 18.3 Å². The van der Waals surface area contributed by atoms with Crippen molar-refractivity contribution in [2.24, 2.45) is 5.41 Å². The summed E-state index contributed by atoms with van der Waals surface area (Å²) in [6.07, 6.45) is -0.878. The Balaban J connectivity index is 4.29. The average molecular weight is 267 g/mol. The minimum Gasteiger partial charge on any atom is -0.481 e. The van der Waals surface area contributed by atoms with Gasteiger partial charge in [0.25, 0.3) is 0 Å². The van der Waals surface area contributed by atoms with E-state index in [0.717, 1.165) is 0 Å². The Labute approximate surface area is 102 Å². The monoisotopic (exact) mass is 267 g/mol. The maximum absolute atomic E-state index is 11.6. The molecule has 0 aliphatic carbocycles. The number of ether oxygens (including phenoxy) is 1. The third-order valence-electron chi connectivity index (χ3n) is 1.89. The van der Waals surface area contributed by atoms with E-state index in [9.17, 15) is 13.2 Å². The molecule has 2 N–H and O–H groups in total. The van der Waals surface area contributed by atoms with Crippen molar-refractivity contribution in [2.75, 3.05) is 19.4 Å². The Bertz CT molecular complexity index is 344. The third kappa shape index (κ3) is 9.08. The van der Waals surface area contributed by atoms with Crippen LogP contribution in [0.3, 0.4) is 0 Å². The fraction of sp³-hybridized carbons (Fsp3) is 0.900. The molecule has 0 aliphatic rings. The fourth-order valence-corrected chi connectivity index (χ4v) is 2.96. The lowest BCUT2D eigenvalue weighted by molar-refractivity contribution is -0.139. The predicted octanol–water partition coefficient (Wildman–Crippen LogP) is 0.442. The largest absolute Gasteiger partial charge is 0.481 e. The first-order valence-electron chi connectivity index (χ1n) is 5.27. The van der Waals surface area contributed by atoms with Crippen molar-refractivity contribution in [3.8, 4) is 0 Å². The second-order valence-corrected chi connectivity index (χ2v) is 6.93. The molecule has 0 heterocycles. The quantitative estimate of drug-likeness (QED) is 0.698. The molecule has 0 aliphatic heterocycles. The zero-order valence-corrected chi connectivity index (χ0v) is 11.5. The summed E-state index contributed by atoms with van der Waals surface area (Å²) in [5, 5.41) is 8.57. The normalized spacial score (nSPS) is 14.6. The molecule has 6 nitrogen and oxygen atoms in total. The zero-order valence-electron chi connectivity index (χ0n) is 10.7. The maximum Gasteiger partial charge on any atom is 0.306 e. The maximum atomic E-state index is 11.6. The molecule has 0 aromatic heterocycles. The van der Waals surface area contributed by atoms with Crippen molar-refractivity contribution in [3.63, 3.8) is 0 Å². The minimum atomic E-state index is -3.40. The summed E-state index contributed by atoms with van der Waals surface area (Å²) in [7, 11) is -2.05. The van der Waals surface area contributed by atoms with Gasteiger partial charge in [-0.2, -0.15) is 0 Å². The highest BCUT2D eigenvalue weighted by Crippen LogP contribution is 2.15. The molecule has 0 saturated carbocycles. The molecule has 0 amide bonds. The van der Waals surface area contributed by atoms with Gasteiger partial charge in [-0.3, -0.25) is 4.79 Å². The molecule has 1 atom stereocenters. The van der Waals surface area contributed by atoms with E-state index in [1.165, 1.54) is 7.11 Å². The van der Waals surface area contributed by atoms with E-state index in [4.69, 9.17) is 9.84 Å². The molecule has 0 spiro atoms. The molecule has 0 rings (SSSR count). The zero-order chi connectivity index (χ0) is 13.7. The third-order valence-corrected chi connectivity index (χ3v) is 3.74. The Kier molecular flexibility index (Phi) is 6.08. The van der Waals surface area contributed by atoms with Gasteiger partial charge in [-0.1, -0.05) is 20.8 Å². The van der Waals surface area contributed by atoms with E-state index in [1.54, 1.807) is 0 Å².